The number of benzene rings is 13. The fraction of sp³-hybridized carbons (Fsp3) is 0.0250. The Morgan fingerprint density at radius 1 is 0.226 bits per heavy atom. The molecular formula is C80H58BN3. The van der Waals surface area contributed by atoms with Gasteiger partial charge in [0.1, 0.15) is 0 Å². The maximum Gasteiger partial charge on any atom is 0.252 e. The van der Waals surface area contributed by atoms with Crippen LogP contribution in [0.5, 0.6) is 0 Å². The van der Waals surface area contributed by atoms with Gasteiger partial charge in [0.2, 0.25) is 0 Å². The van der Waals surface area contributed by atoms with Crippen LogP contribution < -0.4 is 31.1 Å². The standard InChI is InChI=1S/C80H58BN3/c1-9-29-59(30-10-1)79(60-31-11-2-12-32-60,61-33-13-3-14-34-61)65-49-53-69(54-50-65)83-74-47-27-25-45-72(74)81-73-46-26-28-48-75(73)84(77-58-71(57-76(83)78(77)81)82(67-41-21-7-22-42-67)68-43-23-8-24-44-68)70-55-51-66(52-56-70)80(62-35-15-4-16-36-62,63-37-17-5-18-38-63)64-39-19-6-20-40-64/h1-58H. The molecule has 4 heteroatoms. The van der Waals surface area contributed by atoms with Crippen LogP contribution in [0.15, 0.2) is 352 Å². The first-order valence-electron chi connectivity index (χ1n) is 29.1. The summed E-state index contributed by atoms with van der Waals surface area (Å²) in [5.41, 5.74) is 22.1. The second-order valence-electron chi connectivity index (χ2n) is 21.9. The van der Waals surface area contributed by atoms with Crippen LogP contribution >= 0.6 is 0 Å². The highest BCUT2D eigenvalue weighted by molar-refractivity contribution is 7.00. The Hall–Kier alpha value is -10.7. The Morgan fingerprint density at radius 3 is 0.774 bits per heavy atom. The Labute approximate surface area is 493 Å². The molecule has 2 aliphatic rings. The van der Waals surface area contributed by atoms with E-state index in [9.17, 15) is 0 Å². The summed E-state index contributed by atoms with van der Waals surface area (Å²) in [6.45, 7) is -0.0619. The minimum Gasteiger partial charge on any atom is -0.311 e. The topological polar surface area (TPSA) is 9.72 Å². The van der Waals surface area contributed by atoms with E-state index in [0.717, 1.165) is 51.2 Å². The molecule has 0 aromatic heterocycles. The van der Waals surface area contributed by atoms with Crippen LogP contribution in [-0.4, -0.2) is 6.71 Å². The van der Waals surface area contributed by atoms with Crippen LogP contribution in [0.1, 0.15) is 44.5 Å². The van der Waals surface area contributed by atoms with Gasteiger partial charge in [-0.25, -0.2) is 0 Å². The maximum atomic E-state index is 2.53. The minimum atomic E-state index is -0.596. The van der Waals surface area contributed by atoms with Crippen LogP contribution in [0.25, 0.3) is 0 Å². The molecule has 396 valence electrons. The number of hydrogen-bond donors (Lipinski definition) is 0. The predicted molar refractivity (Wildman–Crippen MR) is 352 cm³/mol. The molecule has 3 nitrogen and oxygen atoms in total. The molecule has 15 rings (SSSR count). The Kier molecular flexibility index (Phi) is 12.8. The third-order valence-corrected chi connectivity index (χ3v) is 17.5. The summed E-state index contributed by atoms with van der Waals surface area (Å²) < 4.78 is 0. The lowest BCUT2D eigenvalue weighted by atomic mass is 9.33. The highest BCUT2D eigenvalue weighted by Gasteiger charge is 2.45. The molecule has 0 amide bonds. The van der Waals surface area contributed by atoms with Crippen molar-refractivity contribution in [3.8, 4) is 0 Å². The Morgan fingerprint density at radius 2 is 0.476 bits per heavy atom. The van der Waals surface area contributed by atoms with E-state index >= 15 is 0 Å². The average molecular weight is 1070 g/mol. The van der Waals surface area contributed by atoms with Crippen LogP contribution in [0.2, 0.25) is 0 Å². The number of para-hydroxylation sites is 4. The first-order valence-corrected chi connectivity index (χ1v) is 29.1. The lowest BCUT2D eigenvalue weighted by Gasteiger charge is -2.45. The molecule has 0 saturated carbocycles. The fourth-order valence-corrected chi connectivity index (χ4v) is 14.0. The highest BCUT2D eigenvalue weighted by Crippen LogP contribution is 2.51. The predicted octanol–water partition coefficient (Wildman–Crippen LogP) is 18.0. The molecule has 13 aromatic rings. The zero-order valence-corrected chi connectivity index (χ0v) is 46.4. The fourth-order valence-electron chi connectivity index (χ4n) is 14.0. The number of fused-ring (bicyclic) bond motifs is 4. The minimum absolute atomic E-state index is 0.0619. The van der Waals surface area contributed by atoms with Crippen molar-refractivity contribution >= 4 is 74.3 Å². The normalized spacial score (nSPS) is 12.5. The summed E-state index contributed by atoms with van der Waals surface area (Å²) in [6, 6.07) is 130. The van der Waals surface area contributed by atoms with Gasteiger partial charge in [0.15, 0.2) is 0 Å². The largest absolute Gasteiger partial charge is 0.311 e. The molecule has 84 heavy (non-hydrogen) atoms. The molecule has 0 bridgehead atoms. The zero-order valence-electron chi connectivity index (χ0n) is 46.4. The van der Waals surface area contributed by atoms with Crippen LogP contribution in [0.3, 0.4) is 0 Å². The van der Waals surface area contributed by atoms with E-state index in [1.807, 2.05) is 0 Å². The first kappa shape index (κ1) is 50.3. The van der Waals surface area contributed by atoms with Gasteiger partial charge in [-0.2, -0.15) is 0 Å². The van der Waals surface area contributed by atoms with Crippen molar-refractivity contribution in [1.29, 1.82) is 0 Å². The van der Waals surface area contributed by atoms with Gasteiger partial charge in [0, 0.05) is 45.5 Å². The summed E-state index contributed by atoms with van der Waals surface area (Å²) in [6.07, 6.45) is 0. The van der Waals surface area contributed by atoms with Crippen LogP contribution in [0, 0.1) is 0 Å². The van der Waals surface area contributed by atoms with Crippen molar-refractivity contribution in [2.45, 2.75) is 10.8 Å². The molecule has 2 aliphatic heterocycles. The molecule has 0 unspecified atom stereocenters. The van der Waals surface area contributed by atoms with E-state index in [0.29, 0.717) is 0 Å². The van der Waals surface area contributed by atoms with Gasteiger partial charge < -0.3 is 14.7 Å². The smallest absolute Gasteiger partial charge is 0.252 e. The molecular weight excluding hydrogens is 1010 g/mol. The van der Waals surface area contributed by atoms with Crippen molar-refractivity contribution < 1.29 is 0 Å². The number of nitrogens with zero attached hydrogens (tertiary/aromatic N) is 3. The monoisotopic (exact) mass is 1070 g/mol. The van der Waals surface area contributed by atoms with E-state index in [2.05, 4.69) is 367 Å². The van der Waals surface area contributed by atoms with Gasteiger partial charge in [0.25, 0.3) is 6.71 Å². The van der Waals surface area contributed by atoms with E-state index < -0.39 is 10.8 Å². The molecule has 0 fully saturated rings. The quantitative estimate of drug-likeness (QED) is 0.0842. The summed E-state index contributed by atoms with van der Waals surface area (Å²) in [4.78, 5) is 7.48. The summed E-state index contributed by atoms with van der Waals surface area (Å²) >= 11 is 0. The lowest BCUT2D eigenvalue weighted by Crippen LogP contribution is -2.61. The average Bonchev–Trinajstić information content (AvgIpc) is 1.75. The molecule has 13 aromatic carbocycles. The molecule has 2 heterocycles. The number of rotatable bonds is 13. The maximum absolute atomic E-state index is 2.53. The summed E-state index contributed by atoms with van der Waals surface area (Å²) in [7, 11) is 0. The van der Waals surface area contributed by atoms with Gasteiger partial charge in [0.05, 0.1) is 16.5 Å². The second-order valence-corrected chi connectivity index (χ2v) is 21.9. The molecule has 0 saturated heterocycles. The SMILES string of the molecule is c1ccc(N(c2ccccc2)c2cc3c4c(c2)N(c2ccc(C(c5ccccc5)(c5ccccc5)c5ccccc5)cc2)c2ccccc2B4c2ccccc2N3c2ccc(C(c3ccccc3)(c3ccccc3)c3ccccc3)cc2)cc1. The van der Waals surface area contributed by atoms with Gasteiger partial charge in [-0.3, -0.25) is 0 Å². The highest BCUT2D eigenvalue weighted by atomic mass is 15.2. The van der Waals surface area contributed by atoms with Gasteiger partial charge >= 0.3 is 0 Å². The van der Waals surface area contributed by atoms with Crippen molar-refractivity contribution in [2.75, 3.05) is 14.7 Å². The third kappa shape index (κ3) is 8.21. The van der Waals surface area contributed by atoms with Crippen molar-refractivity contribution in [1.82, 2.24) is 0 Å². The number of hydrogen-bond acceptors (Lipinski definition) is 3. The van der Waals surface area contributed by atoms with Gasteiger partial charge in [-0.1, -0.05) is 279 Å². The molecule has 0 radical (unpaired) electrons. The Bertz CT molecular complexity index is 3920. The molecule has 0 N–H and O–H groups in total. The van der Waals surface area contributed by atoms with Crippen molar-refractivity contribution in [3.05, 3.63) is 396 Å². The molecule has 0 spiro atoms. The first-order chi connectivity index (χ1) is 41.7. The van der Waals surface area contributed by atoms with E-state index in [-0.39, 0.29) is 6.71 Å². The second kappa shape index (κ2) is 21.3. The van der Waals surface area contributed by atoms with Gasteiger partial charge in [-0.05, 0) is 134 Å². The zero-order chi connectivity index (χ0) is 55.9. The Balaban J connectivity index is 0.975. The summed E-state index contributed by atoms with van der Waals surface area (Å²) in [5.74, 6) is 0. The third-order valence-electron chi connectivity index (χ3n) is 17.5. The van der Waals surface area contributed by atoms with E-state index in [1.54, 1.807) is 0 Å². The van der Waals surface area contributed by atoms with E-state index in [4.69, 9.17) is 0 Å². The molecule has 0 atom stereocenters. The van der Waals surface area contributed by atoms with Crippen LogP contribution in [-0.2, 0) is 10.8 Å². The van der Waals surface area contributed by atoms with E-state index in [1.165, 1.54) is 60.9 Å². The van der Waals surface area contributed by atoms with Gasteiger partial charge in [-0.15, -0.1) is 0 Å². The van der Waals surface area contributed by atoms with Crippen molar-refractivity contribution in [2.24, 2.45) is 0 Å². The lowest BCUT2D eigenvalue weighted by molar-refractivity contribution is 0.745. The van der Waals surface area contributed by atoms with Crippen LogP contribution in [0.4, 0.5) is 51.2 Å². The molecule has 0 aliphatic carbocycles. The van der Waals surface area contributed by atoms with Crippen molar-refractivity contribution in [3.63, 3.8) is 0 Å². The number of anilines is 9. The summed E-state index contributed by atoms with van der Waals surface area (Å²) in [5, 5.41) is 0.